The van der Waals surface area contributed by atoms with Crippen LogP contribution in [0.4, 0.5) is 0 Å². The van der Waals surface area contributed by atoms with Crippen LogP contribution in [0.5, 0.6) is 0 Å². The van der Waals surface area contributed by atoms with Crippen molar-refractivity contribution in [3.63, 3.8) is 0 Å². The van der Waals surface area contributed by atoms with Crippen molar-refractivity contribution in [3.8, 4) is 23.0 Å². The quantitative estimate of drug-likeness (QED) is 0.489. The second-order valence-electron chi connectivity index (χ2n) is 7.54. The van der Waals surface area contributed by atoms with Gasteiger partial charge in [0.25, 0.3) is 0 Å². The van der Waals surface area contributed by atoms with Gasteiger partial charge in [-0.15, -0.1) is 0 Å². The van der Waals surface area contributed by atoms with E-state index in [1.54, 1.807) is 0 Å². The summed E-state index contributed by atoms with van der Waals surface area (Å²) in [6.07, 6.45) is 6.36. The number of nitrogens with zero attached hydrogens (tertiary/aromatic N) is 2. The Kier molecular flexibility index (Phi) is 6.62. The Bertz CT molecular complexity index is 974. The molecule has 1 fully saturated rings. The van der Waals surface area contributed by atoms with Crippen molar-refractivity contribution in [2.45, 2.75) is 32.2 Å². The van der Waals surface area contributed by atoms with E-state index in [0.29, 0.717) is 0 Å². The standard InChI is InChI=1S/C26H25ClN2/c27-25-14-11-23(12-15-25)24-13-16-26(28-19-24)6-2-1-5-21-7-9-22(10-8-21)20-29-17-3-4-18-29/h7-16,19H,1,3-5,17-18,20H2. The molecule has 0 N–H and O–H groups in total. The molecule has 1 aliphatic heterocycles. The summed E-state index contributed by atoms with van der Waals surface area (Å²) in [4.78, 5) is 7.00. The molecule has 3 aromatic rings. The summed E-state index contributed by atoms with van der Waals surface area (Å²) in [5.74, 6) is 6.43. The number of aromatic nitrogens is 1. The number of hydrogen-bond acceptors (Lipinski definition) is 2. The minimum atomic E-state index is 0.741. The zero-order valence-electron chi connectivity index (χ0n) is 16.6. The fourth-order valence-corrected chi connectivity index (χ4v) is 3.78. The Labute approximate surface area is 178 Å². The molecule has 0 atom stereocenters. The highest BCUT2D eigenvalue weighted by Gasteiger charge is 2.11. The lowest BCUT2D eigenvalue weighted by Gasteiger charge is -2.14. The van der Waals surface area contributed by atoms with E-state index < -0.39 is 0 Å². The lowest BCUT2D eigenvalue weighted by atomic mass is 10.1. The molecule has 0 unspecified atom stereocenters. The molecule has 0 saturated carbocycles. The SMILES string of the molecule is Clc1ccc(-c2ccc(C#CCCc3ccc(CN4CCCC4)cc3)nc2)cc1. The highest BCUT2D eigenvalue weighted by Crippen LogP contribution is 2.20. The van der Waals surface area contributed by atoms with E-state index >= 15 is 0 Å². The maximum atomic E-state index is 5.95. The fourth-order valence-electron chi connectivity index (χ4n) is 3.65. The Morgan fingerprint density at radius 2 is 1.52 bits per heavy atom. The number of benzene rings is 2. The first-order valence-corrected chi connectivity index (χ1v) is 10.7. The van der Waals surface area contributed by atoms with Gasteiger partial charge >= 0.3 is 0 Å². The first kappa shape index (κ1) is 19.7. The summed E-state index contributed by atoms with van der Waals surface area (Å²) in [6, 6.07) is 20.8. The zero-order chi connectivity index (χ0) is 19.9. The van der Waals surface area contributed by atoms with E-state index in [4.69, 9.17) is 11.6 Å². The van der Waals surface area contributed by atoms with Crippen LogP contribution in [0.15, 0.2) is 66.9 Å². The molecule has 2 aromatic carbocycles. The van der Waals surface area contributed by atoms with Gasteiger partial charge in [0.2, 0.25) is 0 Å². The van der Waals surface area contributed by atoms with Crippen molar-refractivity contribution >= 4 is 11.6 Å². The van der Waals surface area contributed by atoms with Crippen molar-refractivity contribution in [1.82, 2.24) is 9.88 Å². The number of hydrogen-bond donors (Lipinski definition) is 0. The molecule has 1 saturated heterocycles. The predicted molar refractivity (Wildman–Crippen MR) is 121 cm³/mol. The molecule has 2 heterocycles. The van der Waals surface area contributed by atoms with Crippen LogP contribution in [0.2, 0.25) is 5.02 Å². The van der Waals surface area contributed by atoms with Crippen molar-refractivity contribution in [2.75, 3.05) is 13.1 Å². The lowest BCUT2D eigenvalue weighted by molar-refractivity contribution is 0.331. The molecule has 2 nitrogen and oxygen atoms in total. The Balaban J connectivity index is 1.28. The van der Waals surface area contributed by atoms with Crippen LogP contribution in [0.1, 0.15) is 36.1 Å². The molecule has 0 bridgehead atoms. The predicted octanol–water partition coefficient (Wildman–Crippen LogP) is 5.98. The molecule has 0 aliphatic carbocycles. The molecule has 0 spiro atoms. The lowest BCUT2D eigenvalue weighted by Crippen LogP contribution is -2.18. The van der Waals surface area contributed by atoms with E-state index in [2.05, 4.69) is 52.1 Å². The number of likely N-dealkylation sites (tertiary alicyclic amines) is 1. The molecule has 146 valence electrons. The van der Waals surface area contributed by atoms with Gasteiger partial charge in [0.1, 0.15) is 5.69 Å². The second kappa shape index (κ2) is 9.74. The van der Waals surface area contributed by atoms with Crippen molar-refractivity contribution in [2.24, 2.45) is 0 Å². The highest BCUT2D eigenvalue weighted by molar-refractivity contribution is 6.30. The summed E-state index contributed by atoms with van der Waals surface area (Å²) < 4.78 is 0. The summed E-state index contributed by atoms with van der Waals surface area (Å²) in [6.45, 7) is 3.57. The van der Waals surface area contributed by atoms with Crippen LogP contribution >= 0.6 is 11.6 Å². The zero-order valence-corrected chi connectivity index (χ0v) is 17.3. The van der Waals surface area contributed by atoms with Crippen LogP contribution in [-0.2, 0) is 13.0 Å². The summed E-state index contributed by atoms with van der Waals surface area (Å²) in [5.41, 5.74) is 5.74. The third kappa shape index (κ3) is 5.70. The number of rotatable bonds is 5. The monoisotopic (exact) mass is 400 g/mol. The minimum Gasteiger partial charge on any atom is -0.299 e. The average molecular weight is 401 g/mol. The van der Waals surface area contributed by atoms with E-state index in [1.807, 2.05) is 36.5 Å². The van der Waals surface area contributed by atoms with Gasteiger partial charge in [-0.1, -0.05) is 60.0 Å². The van der Waals surface area contributed by atoms with E-state index in [9.17, 15) is 0 Å². The minimum absolute atomic E-state index is 0.741. The highest BCUT2D eigenvalue weighted by atomic mass is 35.5. The molecule has 4 rings (SSSR count). The summed E-state index contributed by atoms with van der Waals surface area (Å²) >= 11 is 5.95. The van der Waals surface area contributed by atoms with Gasteiger partial charge in [0, 0.05) is 29.7 Å². The van der Waals surface area contributed by atoms with Gasteiger partial charge in [-0.25, -0.2) is 4.98 Å². The average Bonchev–Trinajstić information content (AvgIpc) is 3.27. The van der Waals surface area contributed by atoms with Crippen LogP contribution in [0.3, 0.4) is 0 Å². The van der Waals surface area contributed by atoms with Gasteiger partial charge in [-0.2, -0.15) is 0 Å². The van der Waals surface area contributed by atoms with Gasteiger partial charge in [0.15, 0.2) is 0 Å². The van der Waals surface area contributed by atoms with Gasteiger partial charge in [0.05, 0.1) is 0 Å². The number of halogens is 1. The molecule has 1 aromatic heterocycles. The van der Waals surface area contributed by atoms with Crippen LogP contribution in [-0.4, -0.2) is 23.0 Å². The van der Waals surface area contributed by atoms with Crippen molar-refractivity contribution < 1.29 is 0 Å². The topological polar surface area (TPSA) is 16.1 Å². The van der Waals surface area contributed by atoms with Crippen molar-refractivity contribution in [3.05, 3.63) is 88.7 Å². The summed E-state index contributed by atoms with van der Waals surface area (Å²) in [7, 11) is 0. The molecule has 3 heteroatoms. The molecular weight excluding hydrogens is 376 g/mol. The van der Waals surface area contributed by atoms with Crippen LogP contribution in [0, 0.1) is 11.8 Å². The maximum Gasteiger partial charge on any atom is 0.113 e. The summed E-state index contributed by atoms with van der Waals surface area (Å²) in [5, 5.41) is 0.741. The largest absolute Gasteiger partial charge is 0.299 e. The van der Waals surface area contributed by atoms with Gasteiger partial charge < -0.3 is 0 Å². The Morgan fingerprint density at radius 1 is 0.828 bits per heavy atom. The van der Waals surface area contributed by atoms with E-state index in [0.717, 1.165) is 41.2 Å². The second-order valence-corrected chi connectivity index (χ2v) is 7.98. The third-order valence-electron chi connectivity index (χ3n) is 5.32. The molecule has 0 amide bonds. The molecular formula is C26H25ClN2. The first-order chi connectivity index (χ1) is 14.3. The van der Waals surface area contributed by atoms with Crippen LogP contribution in [0.25, 0.3) is 11.1 Å². The Morgan fingerprint density at radius 3 is 2.21 bits per heavy atom. The van der Waals surface area contributed by atoms with E-state index in [-0.39, 0.29) is 0 Å². The molecule has 1 aliphatic rings. The fraction of sp³-hybridized carbons (Fsp3) is 0.269. The smallest absolute Gasteiger partial charge is 0.113 e. The molecule has 0 radical (unpaired) electrons. The maximum absolute atomic E-state index is 5.95. The van der Waals surface area contributed by atoms with Gasteiger partial charge in [-0.05, 0) is 73.2 Å². The van der Waals surface area contributed by atoms with Crippen LogP contribution < -0.4 is 0 Å². The molecule has 29 heavy (non-hydrogen) atoms. The number of aryl methyl sites for hydroxylation is 1. The van der Waals surface area contributed by atoms with E-state index in [1.165, 1.54) is 37.1 Å². The van der Waals surface area contributed by atoms with Crippen molar-refractivity contribution in [1.29, 1.82) is 0 Å². The Hall–Kier alpha value is -2.60. The number of pyridine rings is 1. The normalized spacial score (nSPS) is 13.8. The van der Waals surface area contributed by atoms with Gasteiger partial charge in [-0.3, -0.25) is 4.90 Å². The third-order valence-corrected chi connectivity index (χ3v) is 5.58. The first-order valence-electron chi connectivity index (χ1n) is 10.3.